The van der Waals surface area contributed by atoms with Gasteiger partial charge in [0.25, 0.3) is 0 Å². The molecule has 4 nitrogen and oxygen atoms in total. The SMILES string of the molecule is CC1CCCN(Cc2nc(C(F)(F)F)c(C(=O)O)s2)C1. The van der Waals surface area contributed by atoms with Crippen molar-refractivity contribution < 1.29 is 23.1 Å². The number of likely N-dealkylation sites (tertiary alicyclic amines) is 1. The van der Waals surface area contributed by atoms with Crippen LogP contribution in [-0.4, -0.2) is 34.0 Å². The molecule has 1 atom stereocenters. The van der Waals surface area contributed by atoms with E-state index in [0.29, 0.717) is 17.3 Å². The third-order valence-electron chi connectivity index (χ3n) is 3.23. The lowest BCUT2D eigenvalue weighted by Gasteiger charge is -2.29. The Bertz CT molecular complexity index is 501. The summed E-state index contributed by atoms with van der Waals surface area (Å²) in [6.45, 7) is 4.00. The molecule has 0 saturated carbocycles. The molecular formula is C12H15F3N2O2S. The topological polar surface area (TPSA) is 53.4 Å². The van der Waals surface area contributed by atoms with E-state index in [4.69, 9.17) is 5.11 Å². The minimum atomic E-state index is -4.72. The number of carbonyl (C=O) groups is 1. The van der Waals surface area contributed by atoms with Gasteiger partial charge in [0.05, 0.1) is 6.54 Å². The Balaban J connectivity index is 2.18. The Hall–Kier alpha value is -1.15. The molecule has 1 aliphatic heterocycles. The van der Waals surface area contributed by atoms with Gasteiger partial charge in [0.15, 0.2) is 5.69 Å². The second-order valence-corrected chi connectivity index (χ2v) is 6.15. The average molecular weight is 308 g/mol. The van der Waals surface area contributed by atoms with Gasteiger partial charge in [-0.3, -0.25) is 4.90 Å². The monoisotopic (exact) mass is 308 g/mol. The van der Waals surface area contributed by atoms with Crippen LogP contribution in [0.5, 0.6) is 0 Å². The fraction of sp³-hybridized carbons (Fsp3) is 0.667. The highest BCUT2D eigenvalue weighted by Crippen LogP contribution is 2.35. The van der Waals surface area contributed by atoms with Crippen molar-refractivity contribution in [2.75, 3.05) is 13.1 Å². The van der Waals surface area contributed by atoms with E-state index in [1.54, 1.807) is 0 Å². The minimum absolute atomic E-state index is 0.212. The molecular weight excluding hydrogens is 293 g/mol. The van der Waals surface area contributed by atoms with Crippen molar-refractivity contribution in [2.24, 2.45) is 5.92 Å². The van der Waals surface area contributed by atoms with Crippen molar-refractivity contribution in [1.82, 2.24) is 9.88 Å². The normalized spacial score (nSPS) is 21.1. The van der Waals surface area contributed by atoms with Crippen LogP contribution in [0.3, 0.4) is 0 Å². The van der Waals surface area contributed by atoms with E-state index >= 15 is 0 Å². The fourth-order valence-corrected chi connectivity index (χ4v) is 3.36. The number of aromatic carboxylic acids is 1. The first kappa shape index (κ1) is 15.2. The number of aromatic nitrogens is 1. The van der Waals surface area contributed by atoms with Crippen LogP contribution in [0.15, 0.2) is 0 Å². The average Bonchev–Trinajstić information content (AvgIpc) is 2.73. The predicted octanol–water partition coefficient (Wildman–Crippen LogP) is 3.09. The molecule has 0 aromatic carbocycles. The minimum Gasteiger partial charge on any atom is -0.477 e. The van der Waals surface area contributed by atoms with Gasteiger partial charge in [-0.25, -0.2) is 9.78 Å². The number of nitrogens with zero attached hydrogens (tertiary/aromatic N) is 2. The quantitative estimate of drug-likeness (QED) is 0.932. The Morgan fingerprint density at radius 1 is 1.55 bits per heavy atom. The molecule has 0 amide bonds. The van der Waals surface area contributed by atoms with E-state index in [2.05, 4.69) is 11.9 Å². The first-order chi connectivity index (χ1) is 9.27. The molecule has 20 heavy (non-hydrogen) atoms. The van der Waals surface area contributed by atoms with Crippen molar-refractivity contribution in [3.8, 4) is 0 Å². The zero-order valence-electron chi connectivity index (χ0n) is 10.9. The highest BCUT2D eigenvalue weighted by Gasteiger charge is 2.39. The number of carboxylic acids is 1. The summed E-state index contributed by atoms with van der Waals surface area (Å²) in [5, 5.41) is 9.06. The Kier molecular flexibility index (Phi) is 4.33. The van der Waals surface area contributed by atoms with Gasteiger partial charge in [0.1, 0.15) is 9.88 Å². The van der Waals surface area contributed by atoms with Gasteiger partial charge in [-0.1, -0.05) is 6.92 Å². The van der Waals surface area contributed by atoms with Crippen LogP contribution >= 0.6 is 11.3 Å². The molecule has 2 rings (SSSR count). The second kappa shape index (κ2) is 5.69. The number of piperidine rings is 1. The van der Waals surface area contributed by atoms with Crippen LogP contribution in [0, 0.1) is 5.92 Å². The zero-order valence-corrected chi connectivity index (χ0v) is 11.7. The number of alkyl halides is 3. The molecule has 0 radical (unpaired) electrons. The molecule has 8 heteroatoms. The van der Waals surface area contributed by atoms with Gasteiger partial charge in [0.2, 0.25) is 0 Å². The van der Waals surface area contributed by atoms with Crippen molar-refractivity contribution in [2.45, 2.75) is 32.5 Å². The third-order valence-corrected chi connectivity index (χ3v) is 4.26. The molecule has 1 fully saturated rings. The summed E-state index contributed by atoms with van der Waals surface area (Å²) in [7, 11) is 0. The van der Waals surface area contributed by atoms with Crippen LogP contribution in [0.2, 0.25) is 0 Å². The lowest BCUT2D eigenvalue weighted by molar-refractivity contribution is -0.141. The van der Waals surface area contributed by atoms with E-state index in [0.717, 1.165) is 25.9 Å². The smallest absolute Gasteiger partial charge is 0.435 e. The van der Waals surface area contributed by atoms with Crippen LogP contribution in [0.4, 0.5) is 13.2 Å². The molecule has 0 bridgehead atoms. The summed E-state index contributed by atoms with van der Waals surface area (Å²) in [4.78, 5) is 15.7. The molecule has 0 aliphatic carbocycles. The number of carboxylic acid groups (broad SMARTS) is 1. The Morgan fingerprint density at radius 3 is 2.75 bits per heavy atom. The number of rotatable bonds is 3. The highest BCUT2D eigenvalue weighted by molar-refractivity contribution is 7.13. The second-order valence-electron chi connectivity index (χ2n) is 5.07. The number of thiazole rings is 1. The van der Waals surface area contributed by atoms with Crippen LogP contribution in [0.25, 0.3) is 0 Å². The van der Waals surface area contributed by atoms with Crippen LogP contribution < -0.4 is 0 Å². The highest BCUT2D eigenvalue weighted by atomic mass is 32.1. The first-order valence-corrected chi connectivity index (χ1v) is 7.11. The Labute approximate surface area is 118 Å². The van der Waals surface area contributed by atoms with Gasteiger partial charge in [-0.15, -0.1) is 11.3 Å². The van der Waals surface area contributed by atoms with E-state index < -0.39 is 22.7 Å². The molecule has 1 unspecified atom stereocenters. The maximum atomic E-state index is 12.7. The number of halogens is 3. The molecule has 1 aromatic heterocycles. The summed E-state index contributed by atoms with van der Waals surface area (Å²) in [5.41, 5.74) is -1.28. The van der Waals surface area contributed by atoms with Crippen molar-refractivity contribution in [3.05, 3.63) is 15.6 Å². The summed E-state index contributed by atoms with van der Waals surface area (Å²) >= 11 is 0.617. The zero-order chi connectivity index (χ0) is 14.9. The third kappa shape index (κ3) is 3.49. The Morgan fingerprint density at radius 2 is 2.25 bits per heavy atom. The molecule has 0 spiro atoms. The van der Waals surface area contributed by atoms with E-state index in [-0.39, 0.29) is 11.6 Å². The summed E-state index contributed by atoms with van der Waals surface area (Å²) in [6.07, 6.45) is -2.61. The summed E-state index contributed by atoms with van der Waals surface area (Å²) < 4.78 is 38.2. The molecule has 2 heterocycles. The fourth-order valence-electron chi connectivity index (χ4n) is 2.39. The molecule has 1 aliphatic rings. The van der Waals surface area contributed by atoms with Crippen molar-refractivity contribution in [3.63, 3.8) is 0 Å². The summed E-state index contributed by atoms with van der Waals surface area (Å²) in [6, 6.07) is 0. The maximum absolute atomic E-state index is 12.7. The van der Waals surface area contributed by atoms with Gasteiger partial charge < -0.3 is 5.11 Å². The lowest BCUT2D eigenvalue weighted by atomic mass is 10.0. The largest absolute Gasteiger partial charge is 0.477 e. The van der Waals surface area contributed by atoms with E-state index in [1.165, 1.54) is 0 Å². The van der Waals surface area contributed by atoms with Crippen LogP contribution in [0.1, 0.15) is 40.1 Å². The van der Waals surface area contributed by atoms with Crippen molar-refractivity contribution in [1.29, 1.82) is 0 Å². The molecule has 1 aromatic rings. The van der Waals surface area contributed by atoms with Crippen LogP contribution in [-0.2, 0) is 12.7 Å². The first-order valence-electron chi connectivity index (χ1n) is 6.30. The summed E-state index contributed by atoms with van der Waals surface area (Å²) in [5.74, 6) is -1.07. The van der Waals surface area contributed by atoms with Gasteiger partial charge in [-0.05, 0) is 25.3 Å². The molecule has 1 N–H and O–H groups in total. The van der Waals surface area contributed by atoms with Gasteiger partial charge >= 0.3 is 12.1 Å². The van der Waals surface area contributed by atoms with E-state index in [1.807, 2.05) is 4.90 Å². The lowest BCUT2D eigenvalue weighted by Crippen LogP contribution is -2.33. The van der Waals surface area contributed by atoms with E-state index in [9.17, 15) is 18.0 Å². The standard InChI is InChI=1S/C12H15F3N2O2S/c1-7-3-2-4-17(5-7)6-8-16-10(12(13,14)15)9(20-8)11(18)19/h7H,2-6H2,1H3,(H,18,19). The number of hydrogen-bond acceptors (Lipinski definition) is 4. The maximum Gasteiger partial charge on any atom is 0.435 e. The van der Waals surface area contributed by atoms with Gasteiger partial charge in [-0.2, -0.15) is 13.2 Å². The molecule has 112 valence electrons. The number of hydrogen-bond donors (Lipinski definition) is 1. The molecule has 1 saturated heterocycles. The van der Waals surface area contributed by atoms with Crippen molar-refractivity contribution >= 4 is 17.3 Å². The van der Waals surface area contributed by atoms with Gasteiger partial charge in [0, 0.05) is 6.54 Å². The predicted molar refractivity (Wildman–Crippen MR) is 67.8 cm³/mol.